The second-order valence-corrected chi connectivity index (χ2v) is 8.36. The lowest BCUT2D eigenvalue weighted by Gasteiger charge is -2.46. The molecule has 1 aromatic heterocycles. The molecule has 6 rings (SSSR count). The minimum absolute atomic E-state index is 0.251. The maximum atomic E-state index is 13.1. The SMILES string of the molecule is O=c1oc2c(Cl)cc(Cl)cc2c2c1C1CC(c3ccccc3)(Oc3ccccc31)O2. The van der Waals surface area contributed by atoms with Gasteiger partial charge in [0.2, 0.25) is 0 Å². The first-order valence-electron chi connectivity index (χ1n) is 9.54. The number of halogens is 2. The molecule has 4 nitrogen and oxygen atoms in total. The van der Waals surface area contributed by atoms with Gasteiger partial charge in [0.25, 0.3) is 5.79 Å². The van der Waals surface area contributed by atoms with Gasteiger partial charge in [0, 0.05) is 28.5 Å². The quantitative estimate of drug-likeness (QED) is 0.330. The fourth-order valence-corrected chi connectivity index (χ4v) is 5.03. The Morgan fingerprint density at radius 3 is 2.53 bits per heavy atom. The molecule has 0 aliphatic carbocycles. The maximum Gasteiger partial charge on any atom is 0.343 e. The molecule has 6 heteroatoms. The second-order valence-electron chi connectivity index (χ2n) is 7.51. The van der Waals surface area contributed by atoms with Crippen molar-refractivity contribution in [3.63, 3.8) is 0 Å². The predicted molar refractivity (Wildman–Crippen MR) is 115 cm³/mol. The first-order chi connectivity index (χ1) is 14.6. The van der Waals surface area contributed by atoms with E-state index in [0.29, 0.717) is 33.9 Å². The van der Waals surface area contributed by atoms with E-state index in [2.05, 4.69) is 0 Å². The molecular weight excluding hydrogens is 423 g/mol. The Bertz CT molecular complexity index is 1380. The summed E-state index contributed by atoms with van der Waals surface area (Å²) in [4.78, 5) is 13.1. The molecule has 0 radical (unpaired) electrons. The third kappa shape index (κ3) is 2.44. The van der Waals surface area contributed by atoms with Crippen LogP contribution in [0.5, 0.6) is 11.5 Å². The van der Waals surface area contributed by atoms with Crippen LogP contribution < -0.4 is 15.1 Å². The van der Waals surface area contributed by atoms with E-state index in [1.807, 2.05) is 54.6 Å². The van der Waals surface area contributed by atoms with Crippen LogP contribution in [0.25, 0.3) is 11.0 Å². The molecule has 3 heterocycles. The molecule has 3 aromatic carbocycles. The van der Waals surface area contributed by atoms with Crippen LogP contribution in [0, 0.1) is 0 Å². The zero-order valence-electron chi connectivity index (χ0n) is 15.5. The van der Waals surface area contributed by atoms with Crippen molar-refractivity contribution >= 4 is 34.2 Å². The lowest BCUT2D eigenvalue weighted by Crippen LogP contribution is -2.48. The first kappa shape index (κ1) is 17.9. The number of ether oxygens (including phenoxy) is 2. The van der Waals surface area contributed by atoms with Gasteiger partial charge in [0.1, 0.15) is 11.5 Å². The number of benzene rings is 3. The molecule has 2 aliphatic heterocycles. The van der Waals surface area contributed by atoms with Gasteiger partial charge in [0.05, 0.1) is 16.0 Å². The fraction of sp³-hybridized carbons (Fsp3) is 0.125. The van der Waals surface area contributed by atoms with Crippen LogP contribution in [-0.4, -0.2) is 0 Å². The molecule has 0 N–H and O–H groups in total. The third-order valence-corrected chi connectivity index (χ3v) is 6.28. The minimum Gasteiger partial charge on any atom is -0.448 e. The largest absolute Gasteiger partial charge is 0.448 e. The molecule has 30 heavy (non-hydrogen) atoms. The summed E-state index contributed by atoms with van der Waals surface area (Å²) in [5.41, 5.74) is 2.03. The van der Waals surface area contributed by atoms with Gasteiger partial charge in [-0.25, -0.2) is 4.79 Å². The van der Waals surface area contributed by atoms with Gasteiger partial charge in [-0.2, -0.15) is 0 Å². The Hall–Kier alpha value is -2.95. The van der Waals surface area contributed by atoms with Gasteiger partial charge < -0.3 is 13.9 Å². The molecule has 0 fully saturated rings. The van der Waals surface area contributed by atoms with Crippen molar-refractivity contribution in [2.75, 3.05) is 0 Å². The minimum atomic E-state index is -1.08. The lowest BCUT2D eigenvalue weighted by molar-refractivity contribution is -0.148. The molecular formula is C24H14Cl2O4. The maximum absolute atomic E-state index is 13.1. The monoisotopic (exact) mass is 436 g/mol. The van der Waals surface area contributed by atoms with Crippen LogP contribution in [0.1, 0.15) is 29.0 Å². The molecule has 0 spiro atoms. The summed E-state index contributed by atoms with van der Waals surface area (Å²) in [6.45, 7) is 0. The number of fused-ring (bicyclic) bond motifs is 8. The van der Waals surface area contributed by atoms with Crippen LogP contribution >= 0.6 is 23.2 Å². The highest BCUT2D eigenvalue weighted by Gasteiger charge is 2.51. The van der Waals surface area contributed by atoms with E-state index < -0.39 is 11.4 Å². The van der Waals surface area contributed by atoms with Crippen LogP contribution in [-0.2, 0) is 5.79 Å². The molecule has 2 atom stereocenters. The Balaban J connectivity index is 1.72. The van der Waals surface area contributed by atoms with Crippen LogP contribution in [0.15, 0.2) is 75.9 Å². The number of hydrogen-bond acceptors (Lipinski definition) is 4. The predicted octanol–water partition coefficient (Wildman–Crippen LogP) is 6.26. The Kier molecular flexibility index (Phi) is 3.74. The summed E-state index contributed by atoms with van der Waals surface area (Å²) in [6, 6.07) is 20.7. The molecule has 2 unspecified atom stereocenters. The summed E-state index contributed by atoms with van der Waals surface area (Å²) >= 11 is 12.6. The van der Waals surface area contributed by atoms with Crippen molar-refractivity contribution in [2.45, 2.75) is 18.1 Å². The topological polar surface area (TPSA) is 48.7 Å². The first-order valence-corrected chi connectivity index (χ1v) is 10.3. The summed E-state index contributed by atoms with van der Waals surface area (Å²) in [5, 5.41) is 1.24. The van der Waals surface area contributed by atoms with Crippen molar-refractivity contribution in [3.05, 3.63) is 104 Å². The fourth-order valence-electron chi connectivity index (χ4n) is 4.50. The molecule has 0 saturated heterocycles. The Labute approximate surface area is 181 Å². The second kappa shape index (κ2) is 6.27. The smallest absolute Gasteiger partial charge is 0.343 e. The average Bonchev–Trinajstić information content (AvgIpc) is 2.75. The van der Waals surface area contributed by atoms with Crippen molar-refractivity contribution in [1.82, 2.24) is 0 Å². The normalized spacial score (nSPS) is 21.3. The van der Waals surface area contributed by atoms with Gasteiger partial charge in [-0.1, -0.05) is 71.7 Å². The lowest BCUT2D eigenvalue weighted by atomic mass is 9.78. The van der Waals surface area contributed by atoms with Gasteiger partial charge >= 0.3 is 5.63 Å². The highest BCUT2D eigenvalue weighted by Crippen LogP contribution is 2.55. The molecule has 4 aromatic rings. The molecule has 148 valence electrons. The van der Waals surface area contributed by atoms with Gasteiger partial charge in [-0.3, -0.25) is 0 Å². The summed E-state index contributed by atoms with van der Waals surface area (Å²) in [6.07, 6.45) is 0.450. The van der Waals surface area contributed by atoms with E-state index in [4.69, 9.17) is 37.1 Å². The Morgan fingerprint density at radius 2 is 1.70 bits per heavy atom. The highest BCUT2D eigenvalue weighted by atomic mass is 35.5. The van der Waals surface area contributed by atoms with Gasteiger partial charge in [-0.05, 0) is 18.2 Å². The van der Waals surface area contributed by atoms with Crippen molar-refractivity contribution in [1.29, 1.82) is 0 Å². The molecule has 0 amide bonds. The van der Waals surface area contributed by atoms with E-state index in [9.17, 15) is 4.79 Å². The Morgan fingerprint density at radius 1 is 0.933 bits per heavy atom. The standard InChI is InChI=1S/C24H14Cl2O4/c25-14-10-16-21(18(26)11-14)28-23(27)20-17-12-24(30-22(16)20,13-6-2-1-3-7-13)29-19-9-5-4-8-15(17)19/h1-11,17H,12H2. The number of hydrogen-bond donors (Lipinski definition) is 0. The van der Waals surface area contributed by atoms with Gasteiger partial charge in [0.15, 0.2) is 5.58 Å². The zero-order valence-corrected chi connectivity index (χ0v) is 17.0. The van der Waals surface area contributed by atoms with E-state index in [-0.39, 0.29) is 16.5 Å². The van der Waals surface area contributed by atoms with Crippen molar-refractivity contribution in [2.24, 2.45) is 0 Å². The van der Waals surface area contributed by atoms with E-state index in [0.717, 1.165) is 11.1 Å². The average molecular weight is 437 g/mol. The molecule has 0 saturated carbocycles. The summed E-state index contributed by atoms with van der Waals surface area (Å²) in [7, 11) is 0. The number of para-hydroxylation sites is 1. The van der Waals surface area contributed by atoms with Crippen molar-refractivity contribution in [3.8, 4) is 11.5 Å². The summed E-state index contributed by atoms with van der Waals surface area (Å²) in [5.74, 6) is -0.243. The highest BCUT2D eigenvalue weighted by molar-refractivity contribution is 6.38. The van der Waals surface area contributed by atoms with Crippen LogP contribution in [0.2, 0.25) is 10.0 Å². The van der Waals surface area contributed by atoms with E-state index >= 15 is 0 Å². The number of rotatable bonds is 1. The van der Waals surface area contributed by atoms with E-state index in [1.54, 1.807) is 12.1 Å². The van der Waals surface area contributed by atoms with Crippen LogP contribution in [0.3, 0.4) is 0 Å². The zero-order chi connectivity index (χ0) is 20.5. The van der Waals surface area contributed by atoms with Gasteiger partial charge in [-0.15, -0.1) is 0 Å². The van der Waals surface area contributed by atoms with Crippen molar-refractivity contribution < 1.29 is 13.9 Å². The molecule has 2 aliphatic rings. The van der Waals surface area contributed by atoms with Crippen LogP contribution in [0.4, 0.5) is 0 Å². The van der Waals surface area contributed by atoms with E-state index in [1.165, 1.54) is 0 Å². The third-order valence-electron chi connectivity index (χ3n) is 5.78. The summed E-state index contributed by atoms with van der Waals surface area (Å²) < 4.78 is 18.6. The molecule has 2 bridgehead atoms.